The van der Waals surface area contributed by atoms with E-state index in [0.29, 0.717) is 0 Å². The quantitative estimate of drug-likeness (QED) is 0.120. The van der Waals surface area contributed by atoms with Crippen LogP contribution >= 0.6 is 0 Å². The molecular weight excluding hydrogens is 318 g/mol. The van der Waals surface area contributed by atoms with Gasteiger partial charge in [0, 0.05) is 10.2 Å². The zero-order valence-corrected chi connectivity index (χ0v) is 19.1. The van der Waals surface area contributed by atoms with Gasteiger partial charge in [-0.2, -0.15) is 0 Å². The highest BCUT2D eigenvalue weighted by Gasteiger charge is 2.12. The minimum atomic E-state index is 1.14. The highest BCUT2D eigenvalue weighted by Crippen LogP contribution is 2.14. The van der Waals surface area contributed by atoms with Crippen molar-refractivity contribution in [1.29, 1.82) is 0 Å². The van der Waals surface area contributed by atoms with Gasteiger partial charge in [-0.1, -0.05) is 103 Å². The van der Waals surface area contributed by atoms with Crippen molar-refractivity contribution in [2.24, 2.45) is 0 Å². The average Bonchev–Trinajstić information content (AvgIpc) is 2.59. The van der Waals surface area contributed by atoms with E-state index in [1.54, 1.807) is 0 Å². The SMILES string of the molecule is CCCCCCCCCCCCCCCCCC[N+](C)(C)CCC[Si]. The van der Waals surface area contributed by atoms with Crippen molar-refractivity contribution in [1.82, 2.24) is 0 Å². The van der Waals surface area contributed by atoms with Crippen molar-refractivity contribution in [3.05, 3.63) is 0 Å². The Hall–Kier alpha value is 0.177. The third kappa shape index (κ3) is 20.3. The van der Waals surface area contributed by atoms with Crippen LogP contribution < -0.4 is 0 Å². The fourth-order valence-electron chi connectivity index (χ4n) is 3.71. The van der Waals surface area contributed by atoms with Crippen molar-refractivity contribution in [2.45, 2.75) is 122 Å². The maximum atomic E-state index is 3.59. The molecule has 0 spiro atoms. The summed E-state index contributed by atoms with van der Waals surface area (Å²) >= 11 is 0. The van der Waals surface area contributed by atoms with Gasteiger partial charge in [0.1, 0.15) is 0 Å². The number of quaternary nitrogens is 1. The molecule has 0 aromatic rings. The third-order valence-electron chi connectivity index (χ3n) is 5.56. The molecule has 0 fully saturated rings. The first kappa shape index (κ1) is 25.2. The van der Waals surface area contributed by atoms with Crippen LogP contribution in [0.3, 0.4) is 0 Å². The Morgan fingerprint density at radius 1 is 0.480 bits per heavy atom. The van der Waals surface area contributed by atoms with Gasteiger partial charge in [-0.3, -0.25) is 0 Å². The summed E-state index contributed by atoms with van der Waals surface area (Å²) in [6, 6.07) is 1.14. The second kappa shape index (κ2) is 19.0. The molecule has 2 heteroatoms. The minimum absolute atomic E-state index is 1.14. The maximum absolute atomic E-state index is 3.59. The summed E-state index contributed by atoms with van der Waals surface area (Å²) in [7, 11) is 8.35. The van der Waals surface area contributed by atoms with E-state index in [-0.39, 0.29) is 0 Å². The van der Waals surface area contributed by atoms with Crippen LogP contribution in [0.15, 0.2) is 0 Å². The Labute approximate surface area is 164 Å². The predicted molar refractivity (Wildman–Crippen MR) is 117 cm³/mol. The van der Waals surface area contributed by atoms with E-state index in [2.05, 4.69) is 31.3 Å². The van der Waals surface area contributed by atoms with Crippen LogP contribution in [0.1, 0.15) is 116 Å². The lowest BCUT2D eigenvalue weighted by atomic mass is 10.0. The lowest BCUT2D eigenvalue weighted by Crippen LogP contribution is -2.41. The number of hydrogen-bond donors (Lipinski definition) is 0. The summed E-state index contributed by atoms with van der Waals surface area (Å²) in [6.45, 7) is 4.96. The molecule has 0 aromatic heterocycles. The number of rotatable bonds is 20. The number of hydrogen-bond acceptors (Lipinski definition) is 0. The smallest absolute Gasteiger partial charge is 0.0782 e. The van der Waals surface area contributed by atoms with Gasteiger partial charge in [0.25, 0.3) is 0 Å². The molecule has 0 aliphatic heterocycles. The Bertz CT molecular complexity index is 252. The van der Waals surface area contributed by atoms with Crippen molar-refractivity contribution >= 4 is 10.2 Å². The molecule has 0 bridgehead atoms. The first-order chi connectivity index (χ1) is 12.1. The monoisotopic (exact) mass is 367 g/mol. The van der Waals surface area contributed by atoms with Crippen LogP contribution in [0.25, 0.3) is 0 Å². The standard InChI is InChI=1S/C23H49NSi/c1-4-5-6-7-8-9-10-11-12-13-14-15-16-17-18-19-21-24(2,3)22-20-23-25/h4-23H2,1-3H3/q+1. The first-order valence-electron chi connectivity index (χ1n) is 11.6. The molecule has 0 aliphatic rings. The summed E-state index contributed by atoms with van der Waals surface area (Å²) in [5.74, 6) is 0. The highest BCUT2D eigenvalue weighted by molar-refractivity contribution is 6.08. The summed E-state index contributed by atoms with van der Waals surface area (Å²) in [6.07, 6.45) is 24.6. The van der Waals surface area contributed by atoms with E-state index in [0.717, 1.165) is 6.04 Å². The largest absolute Gasteiger partial charge is 0.328 e. The van der Waals surface area contributed by atoms with E-state index in [1.807, 2.05) is 0 Å². The van der Waals surface area contributed by atoms with E-state index >= 15 is 0 Å². The van der Waals surface area contributed by atoms with Gasteiger partial charge in [0.2, 0.25) is 0 Å². The minimum Gasteiger partial charge on any atom is -0.328 e. The van der Waals surface area contributed by atoms with E-state index < -0.39 is 0 Å². The Morgan fingerprint density at radius 2 is 0.800 bits per heavy atom. The van der Waals surface area contributed by atoms with E-state index in [4.69, 9.17) is 0 Å². The lowest BCUT2D eigenvalue weighted by Gasteiger charge is -2.29. The molecule has 0 saturated heterocycles. The summed E-state index contributed by atoms with van der Waals surface area (Å²) < 4.78 is 1.20. The van der Waals surface area contributed by atoms with Gasteiger partial charge < -0.3 is 4.48 Å². The van der Waals surface area contributed by atoms with Crippen LogP contribution in [0.2, 0.25) is 6.04 Å². The normalized spacial score (nSPS) is 12.0. The molecule has 0 atom stereocenters. The maximum Gasteiger partial charge on any atom is 0.0782 e. The lowest BCUT2D eigenvalue weighted by molar-refractivity contribution is -0.890. The van der Waals surface area contributed by atoms with Crippen LogP contribution in [-0.4, -0.2) is 41.9 Å². The van der Waals surface area contributed by atoms with Crippen molar-refractivity contribution < 1.29 is 4.48 Å². The van der Waals surface area contributed by atoms with Gasteiger partial charge in [-0.25, -0.2) is 0 Å². The van der Waals surface area contributed by atoms with Crippen molar-refractivity contribution in [3.63, 3.8) is 0 Å². The first-order valence-corrected chi connectivity index (χ1v) is 12.3. The fourth-order valence-corrected chi connectivity index (χ4v) is 3.86. The van der Waals surface area contributed by atoms with Crippen molar-refractivity contribution in [3.8, 4) is 0 Å². The third-order valence-corrected chi connectivity index (χ3v) is 5.91. The second-order valence-electron chi connectivity index (χ2n) is 8.79. The summed E-state index contributed by atoms with van der Waals surface area (Å²) in [5, 5.41) is 0. The molecule has 1 nitrogen and oxygen atoms in total. The van der Waals surface area contributed by atoms with Crippen LogP contribution in [0.4, 0.5) is 0 Å². The van der Waals surface area contributed by atoms with E-state index in [9.17, 15) is 0 Å². The van der Waals surface area contributed by atoms with Gasteiger partial charge in [0.15, 0.2) is 0 Å². The predicted octanol–water partition coefficient (Wildman–Crippen LogP) is 7.30. The molecule has 0 unspecified atom stereocenters. The topological polar surface area (TPSA) is 0 Å². The zero-order chi connectivity index (χ0) is 18.6. The van der Waals surface area contributed by atoms with Crippen LogP contribution in [0, 0.1) is 0 Å². The molecule has 149 valence electrons. The van der Waals surface area contributed by atoms with Crippen molar-refractivity contribution in [2.75, 3.05) is 27.2 Å². The average molecular weight is 368 g/mol. The molecule has 25 heavy (non-hydrogen) atoms. The molecule has 0 aromatic carbocycles. The molecule has 0 heterocycles. The molecule has 0 rings (SSSR count). The molecule has 0 saturated carbocycles. The zero-order valence-electron chi connectivity index (χ0n) is 18.1. The van der Waals surface area contributed by atoms with Gasteiger partial charge >= 0.3 is 0 Å². The van der Waals surface area contributed by atoms with Gasteiger partial charge in [0.05, 0.1) is 27.2 Å². The van der Waals surface area contributed by atoms with E-state index in [1.165, 1.54) is 127 Å². The number of nitrogens with zero attached hydrogens (tertiary/aromatic N) is 1. The summed E-state index contributed by atoms with van der Waals surface area (Å²) in [5.41, 5.74) is 0. The molecule has 0 N–H and O–H groups in total. The Balaban J connectivity index is 3.14. The fraction of sp³-hybridized carbons (Fsp3) is 1.00. The Kier molecular flexibility index (Phi) is 19.1. The second-order valence-corrected chi connectivity index (χ2v) is 9.29. The number of unbranched alkanes of at least 4 members (excludes halogenated alkanes) is 15. The molecule has 0 amide bonds. The van der Waals surface area contributed by atoms with Gasteiger partial charge in [-0.15, -0.1) is 0 Å². The highest BCUT2D eigenvalue weighted by atomic mass is 28.1. The van der Waals surface area contributed by atoms with Crippen LogP contribution in [0.5, 0.6) is 0 Å². The van der Waals surface area contributed by atoms with Gasteiger partial charge in [-0.05, 0) is 19.3 Å². The molecule has 0 aliphatic carbocycles. The van der Waals surface area contributed by atoms with Crippen LogP contribution in [-0.2, 0) is 0 Å². The molecule has 3 radical (unpaired) electrons. The summed E-state index contributed by atoms with van der Waals surface area (Å²) in [4.78, 5) is 0. The Morgan fingerprint density at radius 3 is 1.16 bits per heavy atom. The molecular formula is C23H49NSi+.